The monoisotopic (exact) mass is 436 g/mol. The molecule has 0 heterocycles. The molecule has 0 saturated carbocycles. The number of hydrogen-bond acceptors (Lipinski definition) is 3. The van der Waals surface area contributed by atoms with E-state index in [-0.39, 0.29) is 5.57 Å². The molecule has 3 rings (SSSR count). The molecule has 0 aromatic heterocycles. The van der Waals surface area contributed by atoms with E-state index in [4.69, 9.17) is 27.9 Å². The maximum Gasteiger partial charge on any atom is 0.262 e. The number of carbonyl (C=O) groups is 1. The van der Waals surface area contributed by atoms with Gasteiger partial charge in [0.05, 0.1) is 10.0 Å². The Balaban J connectivity index is 1.59. The molecule has 4 nitrogen and oxygen atoms in total. The minimum absolute atomic E-state index is 0.0374. The van der Waals surface area contributed by atoms with Crippen molar-refractivity contribution in [2.24, 2.45) is 0 Å². The summed E-state index contributed by atoms with van der Waals surface area (Å²) in [6.45, 7) is 0.706. The van der Waals surface area contributed by atoms with Crippen molar-refractivity contribution in [3.05, 3.63) is 105 Å². The van der Waals surface area contributed by atoms with E-state index in [0.717, 1.165) is 16.7 Å². The number of benzene rings is 3. The van der Waals surface area contributed by atoms with Gasteiger partial charge in [-0.1, -0.05) is 71.7 Å². The van der Waals surface area contributed by atoms with Gasteiger partial charge in [0, 0.05) is 6.54 Å². The molecule has 30 heavy (non-hydrogen) atoms. The van der Waals surface area contributed by atoms with E-state index in [1.165, 1.54) is 0 Å². The highest BCUT2D eigenvalue weighted by Crippen LogP contribution is 2.23. The number of nitriles is 1. The number of amides is 1. The van der Waals surface area contributed by atoms with E-state index in [9.17, 15) is 10.1 Å². The van der Waals surface area contributed by atoms with Gasteiger partial charge in [-0.3, -0.25) is 4.79 Å². The van der Waals surface area contributed by atoms with Crippen molar-refractivity contribution in [3.63, 3.8) is 0 Å². The lowest BCUT2D eigenvalue weighted by molar-refractivity contribution is -0.117. The Labute approximate surface area is 185 Å². The molecule has 0 saturated heterocycles. The molecule has 0 bridgehead atoms. The van der Waals surface area contributed by atoms with Gasteiger partial charge in [0.2, 0.25) is 0 Å². The summed E-state index contributed by atoms with van der Waals surface area (Å²) in [6.07, 6.45) is 1.54. The van der Waals surface area contributed by atoms with Crippen LogP contribution in [-0.2, 0) is 17.9 Å². The lowest BCUT2D eigenvalue weighted by Crippen LogP contribution is -2.23. The van der Waals surface area contributed by atoms with Crippen LogP contribution in [0.5, 0.6) is 5.75 Å². The third-order valence-corrected chi connectivity index (χ3v) is 4.98. The summed E-state index contributed by atoms with van der Waals surface area (Å²) in [5.41, 5.74) is 2.63. The maximum absolute atomic E-state index is 12.3. The number of nitrogens with zero attached hydrogens (tertiary/aromatic N) is 1. The molecular weight excluding hydrogens is 419 g/mol. The zero-order chi connectivity index (χ0) is 21.3. The fourth-order valence-corrected chi connectivity index (χ4v) is 2.97. The van der Waals surface area contributed by atoms with Crippen molar-refractivity contribution in [3.8, 4) is 11.8 Å². The third-order valence-electron chi connectivity index (χ3n) is 4.24. The second-order valence-electron chi connectivity index (χ2n) is 6.44. The van der Waals surface area contributed by atoms with Gasteiger partial charge in [0.1, 0.15) is 24.0 Å². The zero-order valence-corrected chi connectivity index (χ0v) is 17.5. The highest BCUT2D eigenvalue weighted by molar-refractivity contribution is 6.42. The van der Waals surface area contributed by atoms with Crippen LogP contribution in [0.4, 0.5) is 0 Å². The fraction of sp³-hybridized carbons (Fsp3) is 0.0833. The number of hydrogen-bond donors (Lipinski definition) is 1. The smallest absolute Gasteiger partial charge is 0.262 e. The van der Waals surface area contributed by atoms with Gasteiger partial charge < -0.3 is 10.1 Å². The van der Waals surface area contributed by atoms with Crippen molar-refractivity contribution in [1.82, 2.24) is 5.32 Å². The lowest BCUT2D eigenvalue weighted by Gasteiger charge is -2.08. The summed E-state index contributed by atoms with van der Waals surface area (Å²) < 4.78 is 5.74. The highest BCUT2D eigenvalue weighted by Gasteiger charge is 2.09. The molecule has 1 N–H and O–H groups in total. The minimum atomic E-state index is -0.415. The second-order valence-corrected chi connectivity index (χ2v) is 7.26. The molecule has 0 aliphatic heterocycles. The molecule has 150 valence electrons. The number of ether oxygens (including phenoxy) is 1. The van der Waals surface area contributed by atoms with E-state index >= 15 is 0 Å². The molecule has 3 aromatic carbocycles. The Morgan fingerprint density at radius 2 is 1.70 bits per heavy atom. The highest BCUT2D eigenvalue weighted by atomic mass is 35.5. The summed E-state index contributed by atoms with van der Waals surface area (Å²) in [7, 11) is 0. The van der Waals surface area contributed by atoms with Crippen molar-refractivity contribution < 1.29 is 9.53 Å². The predicted molar refractivity (Wildman–Crippen MR) is 119 cm³/mol. The maximum atomic E-state index is 12.3. The Morgan fingerprint density at radius 3 is 2.37 bits per heavy atom. The molecule has 0 aliphatic rings. The third kappa shape index (κ3) is 6.12. The van der Waals surface area contributed by atoms with Crippen LogP contribution < -0.4 is 10.1 Å². The lowest BCUT2D eigenvalue weighted by atomic mass is 10.1. The topological polar surface area (TPSA) is 62.1 Å². The van der Waals surface area contributed by atoms with E-state index < -0.39 is 5.91 Å². The quantitative estimate of drug-likeness (QED) is 0.376. The van der Waals surface area contributed by atoms with E-state index in [1.54, 1.807) is 42.5 Å². The number of carbonyl (C=O) groups excluding carboxylic acids is 1. The van der Waals surface area contributed by atoms with Crippen LogP contribution in [0.15, 0.2) is 78.4 Å². The Kier molecular flexibility index (Phi) is 7.51. The first kappa shape index (κ1) is 21.4. The van der Waals surface area contributed by atoms with Crippen LogP contribution in [0.1, 0.15) is 16.7 Å². The molecule has 0 fully saturated rings. The Morgan fingerprint density at radius 1 is 0.967 bits per heavy atom. The van der Waals surface area contributed by atoms with Crippen LogP contribution in [-0.4, -0.2) is 5.91 Å². The molecule has 0 atom stereocenters. The van der Waals surface area contributed by atoms with E-state index in [2.05, 4.69) is 5.32 Å². The van der Waals surface area contributed by atoms with Gasteiger partial charge >= 0.3 is 0 Å². The van der Waals surface area contributed by atoms with Crippen LogP contribution >= 0.6 is 23.2 Å². The van der Waals surface area contributed by atoms with E-state index in [0.29, 0.717) is 28.9 Å². The largest absolute Gasteiger partial charge is 0.489 e. The van der Waals surface area contributed by atoms with Crippen molar-refractivity contribution >= 4 is 35.2 Å². The molecule has 6 heteroatoms. The number of halogens is 2. The average molecular weight is 437 g/mol. The van der Waals surface area contributed by atoms with Gasteiger partial charge in [-0.25, -0.2) is 0 Å². The number of nitrogens with one attached hydrogen (secondary N) is 1. The summed E-state index contributed by atoms with van der Waals surface area (Å²) in [6, 6.07) is 23.9. The minimum Gasteiger partial charge on any atom is -0.489 e. The van der Waals surface area contributed by atoms with Crippen molar-refractivity contribution in [1.29, 1.82) is 5.26 Å². The van der Waals surface area contributed by atoms with Gasteiger partial charge in [-0.2, -0.15) is 5.26 Å². The van der Waals surface area contributed by atoms with Gasteiger partial charge in [-0.05, 0) is 47.0 Å². The van der Waals surface area contributed by atoms with Crippen molar-refractivity contribution in [2.75, 3.05) is 0 Å². The Bertz CT molecular complexity index is 1090. The number of rotatable bonds is 7. The first-order valence-electron chi connectivity index (χ1n) is 9.16. The molecule has 0 spiro atoms. The average Bonchev–Trinajstić information content (AvgIpc) is 2.78. The van der Waals surface area contributed by atoms with Crippen LogP contribution in [0.25, 0.3) is 6.08 Å². The first-order valence-corrected chi connectivity index (χ1v) is 9.91. The molecule has 1 amide bonds. The second kappa shape index (κ2) is 10.5. The van der Waals surface area contributed by atoms with Gasteiger partial charge in [0.25, 0.3) is 5.91 Å². The van der Waals surface area contributed by atoms with Crippen LogP contribution in [0, 0.1) is 11.3 Å². The summed E-state index contributed by atoms with van der Waals surface area (Å²) in [4.78, 5) is 12.3. The molecule has 0 radical (unpaired) electrons. The predicted octanol–water partition coefficient (Wildman–Crippen LogP) is 5.80. The summed E-state index contributed by atoms with van der Waals surface area (Å²) in [5.74, 6) is 0.242. The molecule has 0 aliphatic carbocycles. The normalized spacial score (nSPS) is 10.9. The standard InChI is InChI=1S/C24H18Cl2N2O2/c25-22-11-8-19(13-23(22)26)16-30-21-9-6-17(7-10-21)12-20(14-27)24(29)28-15-18-4-2-1-3-5-18/h1-13H,15-16H2,(H,28,29)/b20-12-. The Hall–Kier alpha value is -3.26. The summed E-state index contributed by atoms with van der Waals surface area (Å²) >= 11 is 11.9. The van der Waals surface area contributed by atoms with E-state index in [1.807, 2.05) is 42.5 Å². The van der Waals surface area contributed by atoms with Crippen LogP contribution in [0.2, 0.25) is 10.0 Å². The zero-order valence-electron chi connectivity index (χ0n) is 15.9. The van der Waals surface area contributed by atoms with Crippen molar-refractivity contribution in [2.45, 2.75) is 13.2 Å². The van der Waals surface area contributed by atoms with Gasteiger partial charge in [-0.15, -0.1) is 0 Å². The van der Waals surface area contributed by atoms with Crippen LogP contribution in [0.3, 0.4) is 0 Å². The SMILES string of the molecule is N#C/C(=C/c1ccc(OCc2ccc(Cl)c(Cl)c2)cc1)C(=O)NCc1ccccc1. The summed E-state index contributed by atoms with van der Waals surface area (Å²) in [5, 5.41) is 13.1. The first-order chi connectivity index (χ1) is 14.5. The molecule has 3 aromatic rings. The fourth-order valence-electron chi connectivity index (χ4n) is 2.65. The molecule has 0 unspecified atom stereocenters. The van der Waals surface area contributed by atoms with Gasteiger partial charge in [0.15, 0.2) is 0 Å². The molecular formula is C24H18Cl2N2O2.